The summed E-state index contributed by atoms with van der Waals surface area (Å²) in [5, 5.41) is 0. The Morgan fingerprint density at radius 3 is 2.23 bits per heavy atom. The molecule has 4 aliphatic carbocycles. The molecule has 9 atom stereocenters. The van der Waals surface area contributed by atoms with Gasteiger partial charge in [-0.05, 0) is 85.9 Å². The summed E-state index contributed by atoms with van der Waals surface area (Å²) in [5.74, 6) is -2.28. The molecule has 0 saturated heterocycles. The topological polar surface area (TPSA) is 0 Å². The van der Waals surface area contributed by atoms with E-state index in [0.717, 1.165) is 44.9 Å². The van der Waals surface area contributed by atoms with Gasteiger partial charge in [0.15, 0.2) is 0 Å². The highest BCUT2D eigenvalue weighted by molar-refractivity contribution is 5.13. The SMILES string of the molecule is CC(F)[C@@H](C)[C@H]1CCC2C3C(CC[C@@]21C)[C@@]1(C)CCCC[C@H]1CC3(F)F. The van der Waals surface area contributed by atoms with Crippen molar-refractivity contribution in [2.75, 3.05) is 0 Å². The second-order valence-corrected chi connectivity index (χ2v) is 10.9. The van der Waals surface area contributed by atoms with Crippen LogP contribution in [0.5, 0.6) is 0 Å². The molecular formula is C23H37F3. The third-order valence-electron chi connectivity index (χ3n) is 10.0. The number of rotatable bonds is 2. The lowest BCUT2D eigenvalue weighted by Crippen LogP contribution is -2.60. The Balaban J connectivity index is 1.69. The monoisotopic (exact) mass is 370 g/mol. The summed E-state index contributed by atoms with van der Waals surface area (Å²) < 4.78 is 45.1. The standard InChI is InChI=1S/C23H37F3/c1-14(15(2)24)17-8-9-18-20-19(10-12-22(17,18)4)21(3)11-6-5-7-16(21)13-23(20,25)26/h14-20H,5-13H2,1-4H3/t14-,15?,16+,17-,18?,19?,20?,21+,22-/m1/s1. The first-order chi connectivity index (χ1) is 12.1. The van der Waals surface area contributed by atoms with Gasteiger partial charge in [-0.2, -0.15) is 0 Å². The zero-order chi connectivity index (χ0) is 18.9. The van der Waals surface area contributed by atoms with E-state index in [1.807, 2.05) is 6.92 Å². The highest BCUT2D eigenvalue weighted by Crippen LogP contribution is 2.71. The van der Waals surface area contributed by atoms with Crippen LogP contribution in [0.25, 0.3) is 0 Å². The van der Waals surface area contributed by atoms with Gasteiger partial charge in [0.25, 0.3) is 5.92 Å². The van der Waals surface area contributed by atoms with Gasteiger partial charge in [-0.1, -0.05) is 33.6 Å². The van der Waals surface area contributed by atoms with Gasteiger partial charge in [0.05, 0.1) is 0 Å². The van der Waals surface area contributed by atoms with Crippen LogP contribution in [-0.4, -0.2) is 12.1 Å². The molecular weight excluding hydrogens is 333 g/mol. The van der Waals surface area contributed by atoms with Crippen LogP contribution in [0.4, 0.5) is 13.2 Å². The fourth-order valence-electron chi connectivity index (χ4n) is 8.41. The summed E-state index contributed by atoms with van der Waals surface area (Å²) in [4.78, 5) is 0. The molecule has 4 saturated carbocycles. The summed E-state index contributed by atoms with van der Waals surface area (Å²) in [5.41, 5.74) is 0.0191. The zero-order valence-electron chi connectivity index (χ0n) is 17.0. The number of hydrogen-bond acceptors (Lipinski definition) is 0. The Kier molecular flexibility index (Phi) is 4.52. The molecule has 0 aromatic carbocycles. The third-order valence-corrected chi connectivity index (χ3v) is 10.0. The minimum absolute atomic E-state index is 0.0169. The second kappa shape index (κ2) is 6.14. The molecule has 4 unspecified atom stereocenters. The smallest absolute Gasteiger partial charge is 0.247 e. The number of alkyl halides is 3. The van der Waals surface area contributed by atoms with Crippen molar-refractivity contribution < 1.29 is 13.2 Å². The van der Waals surface area contributed by atoms with E-state index in [1.54, 1.807) is 6.92 Å². The molecule has 3 heteroatoms. The van der Waals surface area contributed by atoms with Crippen molar-refractivity contribution in [2.24, 2.45) is 46.3 Å². The molecule has 150 valence electrons. The van der Waals surface area contributed by atoms with Gasteiger partial charge >= 0.3 is 0 Å². The predicted molar refractivity (Wildman–Crippen MR) is 99.9 cm³/mol. The molecule has 0 N–H and O–H groups in total. The Bertz CT molecular complexity index is 544. The summed E-state index contributed by atoms with van der Waals surface area (Å²) in [6, 6.07) is 0. The minimum Gasteiger partial charge on any atom is -0.247 e. The van der Waals surface area contributed by atoms with Crippen LogP contribution in [-0.2, 0) is 0 Å². The van der Waals surface area contributed by atoms with Crippen LogP contribution < -0.4 is 0 Å². The molecule has 0 radical (unpaired) electrons. The molecule has 0 aromatic heterocycles. The van der Waals surface area contributed by atoms with Gasteiger partial charge in [-0.15, -0.1) is 0 Å². The van der Waals surface area contributed by atoms with Crippen LogP contribution in [0, 0.1) is 46.3 Å². The van der Waals surface area contributed by atoms with Crippen LogP contribution >= 0.6 is 0 Å². The molecule has 0 nitrogen and oxygen atoms in total. The average Bonchev–Trinajstić information content (AvgIpc) is 2.91. The molecule has 26 heavy (non-hydrogen) atoms. The van der Waals surface area contributed by atoms with E-state index in [-0.39, 0.29) is 46.8 Å². The number of halogens is 3. The van der Waals surface area contributed by atoms with E-state index in [0.29, 0.717) is 0 Å². The normalized spacial score (nSPS) is 52.5. The molecule has 4 aliphatic rings. The molecule has 0 amide bonds. The largest absolute Gasteiger partial charge is 0.251 e. The number of hydrogen-bond donors (Lipinski definition) is 0. The lowest BCUT2D eigenvalue weighted by atomic mass is 9.43. The second-order valence-electron chi connectivity index (χ2n) is 10.9. The lowest BCUT2D eigenvalue weighted by molar-refractivity contribution is -0.233. The molecule has 0 heterocycles. The van der Waals surface area contributed by atoms with E-state index >= 15 is 8.78 Å². The van der Waals surface area contributed by atoms with Crippen LogP contribution in [0.3, 0.4) is 0 Å². The summed E-state index contributed by atoms with van der Waals surface area (Å²) in [6.07, 6.45) is 7.52. The number of fused-ring (bicyclic) bond motifs is 5. The van der Waals surface area contributed by atoms with E-state index in [9.17, 15) is 4.39 Å². The predicted octanol–water partition coefficient (Wildman–Crippen LogP) is 7.27. The first-order valence-corrected chi connectivity index (χ1v) is 11.1. The third kappa shape index (κ3) is 2.54. The Morgan fingerprint density at radius 2 is 1.54 bits per heavy atom. The zero-order valence-corrected chi connectivity index (χ0v) is 17.0. The first-order valence-electron chi connectivity index (χ1n) is 11.1. The van der Waals surface area contributed by atoms with Gasteiger partial charge in [0.1, 0.15) is 6.17 Å². The highest BCUT2D eigenvalue weighted by atomic mass is 19.3. The van der Waals surface area contributed by atoms with E-state index in [2.05, 4.69) is 13.8 Å². The van der Waals surface area contributed by atoms with Gasteiger partial charge in [-0.25, -0.2) is 13.2 Å². The summed E-state index contributed by atoms with van der Waals surface area (Å²) >= 11 is 0. The molecule has 4 fully saturated rings. The van der Waals surface area contributed by atoms with Gasteiger partial charge in [0, 0.05) is 12.3 Å². The Labute approximate surface area is 157 Å². The van der Waals surface area contributed by atoms with Crippen LogP contribution in [0.1, 0.15) is 85.5 Å². The molecule has 0 aromatic rings. The van der Waals surface area contributed by atoms with Gasteiger partial charge in [0.2, 0.25) is 0 Å². The van der Waals surface area contributed by atoms with Crippen molar-refractivity contribution >= 4 is 0 Å². The van der Waals surface area contributed by atoms with Crippen molar-refractivity contribution in [3.63, 3.8) is 0 Å². The maximum Gasteiger partial charge on any atom is 0.251 e. The van der Waals surface area contributed by atoms with Crippen LogP contribution in [0.2, 0.25) is 0 Å². The Hall–Kier alpha value is -0.210. The van der Waals surface area contributed by atoms with E-state index in [4.69, 9.17) is 0 Å². The van der Waals surface area contributed by atoms with Crippen molar-refractivity contribution in [1.82, 2.24) is 0 Å². The summed E-state index contributed by atoms with van der Waals surface area (Å²) in [6.45, 7) is 8.23. The van der Waals surface area contributed by atoms with Crippen LogP contribution in [0.15, 0.2) is 0 Å². The summed E-state index contributed by atoms with van der Waals surface area (Å²) in [7, 11) is 0. The maximum atomic E-state index is 15.5. The molecule has 0 aliphatic heterocycles. The fraction of sp³-hybridized carbons (Fsp3) is 1.00. The quantitative estimate of drug-likeness (QED) is 0.479. The lowest BCUT2D eigenvalue weighted by Gasteiger charge is -2.62. The van der Waals surface area contributed by atoms with Crippen molar-refractivity contribution in [3.8, 4) is 0 Å². The van der Waals surface area contributed by atoms with E-state index < -0.39 is 18.0 Å². The van der Waals surface area contributed by atoms with Crippen molar-refractivity contribution in [1.29, 1.82) is 0 Å². The van der Waals surface area contributed by atoms with Gasteiger partial charge < -0.3 is 0 Å². The van der Waals surface area contributed by atoms with E-state index in [1.165, 1.54) is 6.42 Å². The average molecular weight is 371 g/mol. The maximum absolute atomic E-state index is 15.5. The van der Waals surface area contributed by atoms with Crippen molar-refractivity contribution in [3.05, 3.63) is 0 Å². The molecule has 0 bridgehead atoms. The molecule has 4 rings (SSSR count). The minimum atomic E-state index is -2.53. The van der Waals surface area contributed by atoms with Gasteiger partial charge in [-0.3, -0.25) is 0 Å². The molecule has 0 spiro atoms. The Morgan fingerprint density at radius 1 is 0.846 bits per heavy atom. The first kappa shape index (κ1) is 19.1. The highest BCUT2D eigenvalue weighted by Gasteiger charge is 2.67. The fourth-order valence-corrected chi connectivity index (χ4v) is 8.41. The van der Waals surface area contributed by atoms with Crippen molar-refractivity contribution in [2.45, 2.75) is 97.6 Å².